The second-order valence-electron chi connectivity index (χ2n) is 7.08. The van der Waals surface area contributed by atoms with E-state index in [0.29, 0.717) is 18.8 Å². The minimum atomic E-state index is -3.78. The van der Waals surface area contributed by atoms with Gasteiger partial charge in [0.15, 0.2) is 0 Å². The fourth-order valence-electron chi connectivity index (χ4n) is 3.47. The summed E-state index contributed by atoms with van der Waals surface area (Å²) in [4.78, 5) is 19.0. The number of sulfonamides is 1. The molecule has 0 bridgehead atoms. The predicted molar refractivity (Wildman–Crippen MR) is 118 cm³/mol. The molecule has 0 saturated carbocycles. The number of hydrogen-bond donors (Lipinski definition) is 0. The fourth-order valence-corrected chi connectivity index (χ4v) is 5.86. The molecule has 4 rings (SSSR count). The number of amides is 1. The molecule has 9 heteroatoms. The van der Waals surface area contributed by atoms with Crippen LogP contribution in [-0.4, -0.2) is 54.7 Å². The van der Waals surface area contributed by atoms with Crippen LogP contribution in [0.3, 0.4) is 0 Å². The van der Waals surface area contributed by atoms with E-state index in [4.69, 9.17) is 0 Å². The van der Waals surface area contributed by atoms with E-state index in [-0.39, 0.29) is 35.9 Å². The second kappa shape index (κ2) is 8.98. The number of nitrogens with zero attached hydrogens (tertiary/aromatic N) is 4. The van der Waals surface area contributed by atoms with Crippen molar-refractivity contribution in [1.82, 2.24) is 14.2 Å². The summed E-state index contributed by atoms with van der Waals surface area (Å²) >= 11 is 1.50. The van der Waals surface area contributed by atoms with Gasteiger partial charge in [-0.3, -0.25) is 4.79 Å². The molecule has 158 valence electrons. The van der Waals surface area contributed by atoms with Crippen LogP contribution in [-0.2, 0) is 21.2 Å². The smallest absolute Gasteiger partial charge is 0.244 e. The van der Waals surface area contributed by atoms with Crippen LogP contribution in [0.25, 0.3) is 10.6 Å². The van der Waals surface area contributed by atoms with Crippen molar-refractivity contribution in [3.05, 3.63) is 71.2 Å². The highest BCUT2D eigenvalue weighted by Gasteiger charge is 2.31. The maximum absolute atomic E-state index is 12.9. The average Bonchev–Trinajstić information content (AvgIpc) is 3.28. The zero-order valence-electron chi connectivity index (χ0n) is 16.6. The first-order valence-corrected chi connectivity index (χ1v) is 12.1. The maximum Gasteiger partial charge on any atom is 0.244 e. The van der Waals surface area contributed by atoms with Gasteiger partial charge in [0.2, 0.25) is 15.9 Å². The van der Waals surface area contributed by atoms with E-state index in [9.17, 15) is 18.5 Å². The first-order valence-electron chi connectivity index (χ1n) is 9.76. The summed E-state index contributed by atoms with van der Waals surface area (Å²) < 4.78 is 27.2. The predicted octanol–water partition coefficient (Wildman–Crippen LogP) is 2.76. The normalized spacial score (nSPS) is 14.9. The largest absolute Gasteiger partial charge is 0.340 e. The molecule has 7 nitrogen and oxygen atoms in total. The fraction of sp³-hybridized carbons (Fsp3) is 0.227. The Bertz CT molecular complexity index is 1220. The number of hydrogen-bond acceptors (Lipinski definition) is 6. The zero-order chi connectivity index (χ0) is 21.8. The van der Waals surface area contributed by atoms with E-state index < -0.39 is 10.0 Å². The zero-order valence-corrected chi connectivity index (χ0v) is 18.3. The Balaban J connectivity index is 1.38. The first-order chi connectivity index (χ1) is 15.0. The number of thiazole rings is 1. The van der Waals surface area contributed by atoms with Crippen molar-refractivity contribution in [3.63, 3.8) is 0 Å². The average molecular weight is 453 g/mol. The quantitative estimate of drug-likeness (QED) is 0.593. The van der Waals surface area contributed by atoms with Crippen molar-refractivity contribution in [2.24, 2.45) is 0 Å². The number of nitriles is 1. The Hall–Kier alpha value is -3.06. The molecule has 0 atom stereocenters. The lowest BCUT2D eigenvalue weighted by Crippen LogP contribution is -2.51. The molecule has 2 heterocycles. The maximum atomic E-state index is 12.9. The second-order valence-corrected chi connectivity index (χ2v) is 9.84. The van der Waals surface area contributed by atoms with Crippen molar-refractivity contribution in [1.29, 1.82) is 5.26 Å². The van der Waals surface area contributed by atoms with Crippen molar-refractivity contribution < 1.29 is 13.2 Å². The molecule has 3 aromatic rings. The van der Waals surface area contributed by atoms with Crippen LogP contribution in [0.2, 0.25) is 0 Å². The first kappa shape index (κ1) is 21.2. The summed E-state index contributed by atoms with van der Waals surface area (Å²) in [5.74, 6) is -0.0700. The SMILES string of the molecule is N#Cc1ccccc1S(=O)(=O)N1CCN(C(=O)Cc2csc(-c3ccccc3)n2)CC1. The van der Waals surface area contributed by atoms with E-state index in [0.717, 1.165) is 10.6 Å². The van der Waals surface area contributed by atoms with E-state index in [1.807, 2.05) is 41.8 Å². The molecular formula is C22H20N4O3S2. The summed E-state index contributed by atoms with van der Waals surface area (Å²) in [5, 5.41) is 12.0. The molecule has 0 unspecified atom stereocenters. The van der Waals surface area contributed by atoms with Crippen LogP contribution in [0.15, 0.2) is 64.9 Å². The number of carbonyl (C=O) groups is 1. The topological polar surface area (TPSA) is 94.4 Å². The van der Waals surface area contributed by atoms with Crippen LogP contribution in [0.4, 0.5) is 0 Å². The van der Waals surface area contributed by atoms with E-state index >= 15 is 0 Å². The summed E-state index contributed by atoms with van der Waals surface area (Å²) in [7, 11) is -3.78. The number of carbonyl (C=O) groups excluding carboxylic acids is 1. The van der Waals surface area contributed by atoms with Crippen LogP contribution in [0, 0.1) is 11.3 Å². The number of benzene rings is 2. The highest BCUT2D eigenvalue weighted by molar-refractivity contribution is 7.89. The Labute approximate surface area is 185 Å². The van der Waals surface area contributed by atoms with Gasteiger partial charge < -0.3 is 4.90 Å². The molecule has 0 radical (unpaired) electrons. The van der Waals surface area contributed by atoms with Gasteiger partial charge in [0.05, 0.1) is 22.6 Å². The van der Waals surface area contributed by atoms with Gasteiger partial charge in [0.1, 0.15) is 11.1 Å². The van der Waals surface area contributed by atoms with E-state index in [2.05, 4.69) is 4.98 Å². The van der Waals surface area contributed by atoms with Crippen LogP contribution >= 0.6 is 11.3 Å². The Morgan fingerprint density at radius 1 is 1.03 bits per heavy atom. The molecule has 1 amide bonds. The van der Waals surface area contributed by atoms with Crippen molar-refractivity contribution >= 4 is 27.3 Å². The van der Waals surface area contributed by atoms with Gasteiger partial charge in [-0.1, -0.05) is 42.5 Å². The van der Waals surface area contributed by atoms with Gasteiger partial charge in [0, 0.05) is 37.1 Å². The van der Waals surface area contributed by atoms with Gasteiger partial charge in [0.25, 0.3) is 0 Å². The lowest BCUT2D eigenvalue weighted by Gasteiger charge is -2.34. The van der Waals surface area contributed by atoms with Crippen LogP contribution < -0.4 is 0 Å². The third kappa shape index (κ3) is 4.51. The van der Waals surface area contributed by atoms with Crippen molar-refractivity contribution in [2.75, 3.05) is 26.2 Å². The lowest BCUT2D eigenvalue weighted by atomic mass is 10.2. The molecule has 1 fully saturated rings. The monoisotopic (exact) mass is 452 g/mol. The summed E-state index contributed by atoms with van der Waals surface area (Å²) in [5.41, 5.74) is 1.85. The highest BCUT2D eigenvalue weighted by Crippen LogP contribution is 2.24. The number of rotatable bonds is 5. The van der Waals surface area contributed by atoms with Crippen LogP contribution in [0.1, 0.15) is 11.3 Å². The molecule has 0 spiro atoms. The highest BCUT2D eigenvalue weighted by atomic mass is 32.2. The van der Waals surface area contributed by atoms with E-state index in [1.54, 1.807) is 17.0 Å². The molecule has 1 aliphatic rings. The molecule has 0 aliphatic carbocycles. The molecule has 31 heavy (non-hydrogen) atoms. The minimum Gasteiger partial charge on any atom is -0.340 e. The molecule has 1 aliphatic heterocycles. The third-order valence-corrected chi connectivity index (χ3v) is 8.02. The van der Waals surface area contributed by atoms with E-state index in [1.165, 1.54) is 27.8 Å². The standard InChI is InChI=1S/C22H20N4O3S2/c23-15-18-8-4-5-9-20(18)31(28,29)26-12-10-25(11-13-26)21(27)14-19-16-30-22(24-19)17-6-2-1-3-7-17/h1-9,16H,10-14H2. The third-order valence-electron chi connectivity index (χ3n) is 5.12. The van der Waals surface area contributed by atoms with Gasteiger partial charge >= 0.3 is 0 Å². The molecule has 0 N–H and O–H groups in total. The number of piperazine rings is 1. The Kier molecular flexibility index (Phi) is 6.13. The van der Waals surface area contributed by atoms with Crippen LogP contribution in [0.5, 0.6) is 0 Å². The minimum absolute atomic E-state index is 0.00758. The van der Waals surface area contributed by atoms with Gasteiger partial charge in [-0.2, -0.15) is 9.57 Å². The van der Waals surface area contributed by atoms with Gasteiger partial charge in [-0.05, 0) is 12.1 Å². The molecular weight excluding hydrogens is 432 g/mol. The summed E-state index contributed by atoms with van der Waals surface area (Å²) in [6, 6.07) is 17.9. The molecule has 2 aromatic carbocycles. The van der Waals surface area contributed by atoms with Gasteiger partial charge in [-0.15, -0.1) is 11.3 Å². The Morgan fingerprint density at radius 3 is 2.42 bits per heavy atom. The summed E-state index contributed by atoms with van der Waals surface area (Å²) in [6.07, 6.45) is 0.188. The van der Waals surface area contributed by atoms with Crippen molar-refractivity contribution in [2.45, 2.75) is 11.3 Å². The number of aromatic nitrogens is 1. The van der Waals surface area contributed by atoms with Crippen molar-refractivity contribution in [3.8, 4) is 16.6 Å². The lowest BCUT2D eigenvalue weighted by molar-refractivity contribution is -0.131. The molecule has 1 saturated heterocycles. The van der Waals surface area contributed by atoms with Gasteiger partial charge in [-0.25, -0.2) is 13.4 Å². The summed E-state index contributed by atoms with van der Waals surface area (Å²) in [6.45, 7) is 1.01. The Morgan fingerprint density at radius 2 is 1.71 bits per heavy atom. The molecule has 1 aromatic heterocycles.